The summed E-state index contributed by atoms with van der Waals surface area (Å²) >= 11 is 0. The number of benzene rings is 2. The molecule has 0 unspecified atom stereocenters. The third-order valence-electron chi connectivity index (χ3n) is 6.54. The molecule has 3 heterocycles. The molecule has 0 saturated carbocycles. The van der Waals surface area contributed by atoms with Crippen LogP contribution in [0.4, 0.5) is 5.69 Å². The molecule has 2 aromatic carbocycles. The predicted molar refractivity (Wildman–Crippen MR) is 131 cm³/mol. The van der Waals surface area contributed by atoms with Gasteiger partial charge in [0.15, 0.2) is 11.5 Å². The molecule has 3 aromatic rings. The van der Waals surface area contributed by atoms with Gasteiger partial charge in [-0.25, -0.2) is 4.98 Å². The number of anilines is 1. The first-order valence-electron chi connectivity index (χ1n) is 11.8. The van der Waals surface area contributed by atoms with E-state index in [9.17, 15) is 14.4 Å². The van der Waals surface area contributed by atoms with Crippen LogP contribution in [0.3, 0.4) is 0 Å². The minimum Gasteiger partial charge on any atom is -0.493 e. The normalized spacial score (nSPS) is 15.9. The Morgan fingerprint density at radius 3 is 2.64 bits per heavy atom. The van der Waals surface area contributed by atoms with Crippen molar-refractivity contribution < 1.29 is 23.9 Å². The van der Waals surface area contributed by atoms with Gasteiger partial charge in [0.1, 0.15) is 6.17 Å². The third-order valence-corrected chi connectivity index (χ3v) is 6.54. The highest BCUT2D eigenvalue weighted by Gasteiger charge is 2.49. The van der Waals surface area contributed by atoms with Crippen molar-refractivity contribution in [3.8, 4) is 11.5 Å². The molecule has 0 bridgehead atoms. The van der Waals surface area contributed by atoms with Crippen molar-refractivity contribution in [2.45, 2.75) is 25.6 Å². The highest BCUT2D eigenvalue weighted by molar-refractivity contribution is 6.18. The molecule has 1 atom stereocenters. The monoisotopic (exact) mass is 489 g/mol. The minimum atomic E-state index is -0.626. The summed E-state index contributed by atoms with van der Waals surface area (Å²) in [6.07, 6.45) is 5.31. The van der Waals surface area contributed by atoms with Crippen LogP contribution in [-0.4, -0.2) is 59.5 Å². The van der Waals surface area contributed by atoms with Crippen LogP contribution in [0.2, 0.25) is 0 Å². The van der Waals surface area contributed by atoms with Gasteiger partial charge in [-0.1, -0.05) is 18.2 Å². The number of nitrogens with one attached hydrogen (secondary N) is 1. The Bertz CT molecular complexity index is 1310. The SMILES string of the molecule is COc1ccc2c(c1OC)C(=O)N1c3ccccc3C(=O)N(CCCC(=O)NCCn3ccnc3)[C@@H]21. The Morgan fingerprint density at radius 1 is 1.06 bits per heavy atom. The summed E-state index contributed by atoms with van der Waals surface area (Å²) in [5.41, 5.74) is 2.06. The number of hydrogen-bond acceptors (Lipinski definition) is 6. The van der Waals surface area contributed by atoms with E-state index in [0.717, 1.165) is 0 Å². The quantitative estimate of drug-likeness (QED) is 0.495. The van der Waals surface area contributed by atoms with Crippen LogP contribution in [-0.2, 0) is 11.3 Å². The molecular weight excluding hydrogens is 462 g/mol. The minimum absolute atomic E-state index is 0.0915. The van der Waals surface area contributed by atoms with Gasteiger partial charge in [-0.05, 0) is 24.6 Å². The summed E-state index contributed by atoms with van der Waals surface area (Å²) in [5.74, 6) is 0.265. The number of ether oxygens (including phenoxy) is 2. The van der Waals surface area contributed by atoms with Crippen LogP contribution in [0.5, 0.6) is 11.5 Å². The first kappa shape index (κ1) is 23.4. The number of nitrogens with zero attached hydrogens (tertiary/aromatic N) is 4. The second-order valence-electron chi connectivity index (χ2n) is 8.58. The van der Waals surface area contributed by atoms with E-state index >= 15 is 0 Å². The van der Waals surface area contributed by atoms with E-state index in [1.807, 2.05) is 10.8 Å². The lowest BCUT2D eigenvalue weighted by atomic mass is 10.0. The number of fused-ring (bicyclic) bond motifs is 5. The fourth-order valence-electron chi connectivity index (χ4n) is 4.89. The number of amides is 3. The van der Waals surface area contributed by atoms with Crippen molar-refractivity contribution in [1.29, 1.82) is 0 Å². The van der Waals surface area contributed by atoms with Crippen molar-refractivity contribution in [1.82, 2.24) is 19.8 Å². The Labute approximate surface area is 208 Å². The molecular formula is C26H27N5O5. The largest absolute Gasteiger partial charge is 0.493 e. The molecule has 0 spiro atoms. The van der Waals surface area contributed by atoms with Crippen LogP contribution in [0, 0.1) is 0 Å². The van der Waals surface area contributed by atoms with Crippen LogP contribution >= 0.6 is 0 Å². The summed E-state index contributed by atoms with van der Waals surface area (Å²) in [4.78, 5) is 46.9. The van der Waals surface area contributed by atoms with E-state index in [-0.39, 0.29) is 24.1 Å². The third kappa shape index (κ3) is 3.94. The van der Waals surface area contributed by atoms with Crippen molar-refractivity contribution in [3.63, 3.8) is 0 Å². The molecule has 2 aliphatic rings. The molecule has 0 radical (unpaired) electrons. The highest BCUT2D eigenvalue weighted by Crippen LogP contribution is 2.49. The summed E-state index contributed by atoms with van der Waals surface area (Å²) in [6.45, 7) is 1.43. The molecule has 5 rings (SSSR count). The Kier molecular flexibility index (Phi) is 6.32. The van der Waals surface area contributed by atoms with Crippen molar-refractivity contribution >= 4 is 23.4 Å². The zero-order chi connectivity index (χ0) is 25.2. The first-order chi connectivity index (χ1) is 17.5. The number of methoxy groups -OCH3 is 2. The van der Waals surface area contributed by atoms with Crippen LogP contribution in [0.1, 0.15) is 45.3 Å². The summed E-state index contributed by atoms with van der Waals surface area (Å²) in [7, 11) is 3.01. The lowest BCUT2D eigenvalue weighted by molar-refractivity contribution is -0.121. The molecule has 0 fully saturated rings. The highest BCUT2D eigenvalue weighted by atomic mass is 16.5. The Morgan fingerprint density at radius 2 is 1.89 bits per heavy atom. The number of rotatable bonds is 9. The lowest BCUT2D eigenvalue weighted by Gasteiger charge is -2.41. The molecule has 10 nitrogen and oxygen atoms in total. The van der Waals surface area contributed by atoms with E-state index in [4.69, 9.17) is 9.47 Å². The number of imidazole rings is 1. The number of hydrogen-bond donors (Lipinski definition) is 1. The van der Waals surface area contributed by atoms with Crippen LogP contribution < -0.4 is 19.7 Å². The Balaban J connectivity index is 1.37. The summed E-state index contributed by atoms with van der Waals surface area (Å²) < 4.78 is 12.8. The summed E-state index contributed by atoms with van der Waals surface area (Å²) in [6, 6.07) is 10.6. The molecule has 0 saturated heterocycles. The van der Waals surface area contributed by atoms with Crippen molar-refractivity contribution in [2.24, 2.45) is 0 Å². The zero-order valence-corrected chi connectivity index (χ0v) is 20.1. The maximum Gasteiger partial charge on any atom is 0.264 e. The molecule has 1 aromatic heterocycles. The second kappa shape index (κ2) is 9.73. The van der Waals surface area contributed by atoms with E-state index in [0.29, 0.717) is 59.9 Å². The van der Waals surface area contributed by atoms with Gasteiger partial charge >= 0.3 is 0 Å². The maximum absolute atomic E-state index is 13.7. The van der Waals surface area contributed by atoms with E-state index in [1.165, 1.54) is 14.2 Å². The van der Waals surface area contributed by atoms with Gasteiger partial charge in [-0.3, -0.25) is 19.3 Å². The zero-order valence-electron chi connectivity index (χ0n) is 20.1. The number of carbonyl (C=O) groups is 3. The number of aromatic nitrogens is 2. The van der Waals surface area contributed by atoms with Crippen LogP contribution in [0.15, 0.2) is 55.1 Å². The van der Waals surface area contributed by atoms with Gasteiger partial charge in [0.2, 0.25) is 5.91 Å². The average molecular weight is 490 g/mol. The number of para-hydroxylation sites is 1. The first-order valence-corrected chi connectivity index (χ1v) is 11.8. The van der Waals surface area contributed by atoms with Gasteiger partial charge in [0.05, 0.1) is 37.4 Å². The molecule has 1 N–H and O–H groups in total. The molecule has 0 aliphatic carbocycles. The molecule has 2 aliphatic heterocycles. The van der Waals surface area contributed by atoms with Crippen molar-refractivity contribution in [2.75, 3.05) is 32.2 Å². The topological polar surface area (TPSA) is 106 Å². The smallest absolute Gasteiger partial charge is 0.264 e. The number of carbonyl (C=O) groups excluding carboxylic acids is 3. The van der Waals surface area contributed by atoms with Gasteiger partial charge in [-0.15, -0.1) is 0 Å². The van der Waals surface area contributed by atoms with E-state index in [2.05, 4.69) is 10.3 Å². The predicted octanol–water partition coefficient (Wildman–Crippen LogP) is 2.61. The molecule has 10 heteroatoms. The molecule has 36 heavy (non-hydrogen) atoms. The van der Waals surface area contributed by atoms with E-state index in [1.54, 1.807) is 58.7 Å². The average Bonchev–Trinajstić information content (AvgIpc) is 3.52. The maximum atomic E-state index is 13.7. The molecule has 3 amide bonds. The second-order valence-corrected chi connectivity index (χ2v) is 8.58. The van der Waals surface area contributed by atoms with Gasteiger partial charge in [0.25, 0.3) is 11.8 Å². The van der Waals surface area contributed by atoms with Gasteiger partial charge in [-0.2, -0.15) is 0 Å². The van der Waals surface area contributed by atoms with E-state index < -0.39 is 6.17 Å². The van der Waals surface area contributed by atoms with Gasteiger partial charge in [0, 0.05) is 44.0 Å². The Hall–Kier alpha value is -4.34. The fourth-order valence-corrected chi connectivity index (χ4v) is 4.89. The summed E-state index contributed by atoms with van der Waals surface area (Å²) in [5, 5.41) is 2.90. The fraction of sp³-hybridized carbons (Fsp3) is 0.308. The van der Waals surface area contributed by atoms with Crippen molar-refractivity contribution in [3.05, 3.63) is 71.8 Å². The van der Waals surface area contributed by atoms with Gasteiger partial charge < -0.3 is 24.3 Å². The lowest BCUT2D eigenvalue weighted by Crippen LogP contribution is -2.48. The standard InChI is InChI=1S/C26H27N5O5/c1-35-20-10-9-18-22(23(20)36-2)26(34)31-19-7-4-3-6-17(19)25(33)30(24(18)31)13-5-8-21(32)28-12-15-29-14-11-27-16-29/h3-4,6-7,9-11,14,16,24H,5,8,12-13,15H2,1-2H3,(H,28,32)/t24-/m1/s1. The van der Waals surface area contributed by atoms with Crippen LogP contribution in [0.25, 0.3) is 0 Å². The molecule has 186 valence electrons.